The van der Waals surface area contributed by atoms with Crippen molar-refractivity contribution in [2.45, 2.75) is 39.2 Å². The standard InChI is InChI=1S/C10H23N3O2S/c1-9-4-6-13(7-5-9)16(14,15)12-10(2,3)8-11/h9,12H,4-8,11H2,1-3H3. The molecular weight excluding hydrogens is 226 g/mol. The van der Waals surface area contributed by atoms with Gasteiger partial charge in [-0.3, -0.25) is 0 Å². The zero-order valence-corrected chi connectivity index (χ0v) is 11.2. The lowest BCUT2D eigenvalue weighted by atomic mass is 10.0. The number of nitrogens with one attached hydrogen (secondary N) is 1. The molecule has 6 heteroatoms. The SMILES string of the molecule is CC1CCN(S(=O)(=O)NC(C)(C)CN)CC1. The van der Waals surface area contributed by atoms with Crippen LogP contribution in [0.3, 0.4) is 0 Å². The van der Waals surface area contributed by atoms with Crippen LogP contribution in [-0.4, -0.2) is 37.9 Å². The summed E-state index contributed by atoms with van der Waals surface area (Å²) in [5, 5.41) is 0. The molecule has 0 unspecified atom stereocenters. The molecular formula is C10H23N3O2S. The maximum atomic E-state index is 12.0. The molecule has 0 saturated carbocycles. The van der Waals surface area contributed by atoms with Crippen LogP contribution in [-0.2, 0) is 10.2 Å². The summed E-state index contributed by atoms with van der Waals surface area (Å²) in [7, 11) is -3.37. The third kappa shape index (κ3) is 3.69. The van der Waals surface area contributed by atoms with E-state index < -0.39 is 15.7 Å². The van der Waals surface area contributed by atoms with Crippen molar-refractivity contribution in [3.8, 4) is 0 Å². The Labute approximate surface area is 98.6 Å². The average Bonchev–Trinajstić information content (AvgIpc) is 2.17. The van der Waals surface area contributed by atoms with Gasteiger partial charge in [-0.1, -0.05) is 6.92 Å². The van der Waals surface area contributed by atoms with Gasteiger partial charge in [-0.15, -0.1) is 0 Å². The highest BCUT2D eigenvalue weighted by Crippen LogP contribution is 2.18. The van der Waals surface area contributed by atoms with Gasteiger partial charge in [-0.25, -0.2) is 0 Å². The summed E-state index contributed by atoms with van der Waals surface area (Å²) < 4.78 is 28.2. The van der Waals surface area contributed by atoms with Crippen LogP contribution in [0, 0.1) is 5.92 Å². The van der Waals surface area contributed by atoms with E-state index in [0.717, 1.165) is 12.8 Å². The number of hydrogen-bond acceptors (Lipinski definition) is 3. The molecule has 0 spiro atoms. The highest BCUT2D eigenvalue weighted by molar-refractivity contribution is 7.87. The Kier molecular flexibility index (Phi) is 4.34. The maximum absolute atomic E-state index is 12.0. The number of piperidine rings is 1. The minimum atomic E-state index is -3.37. The molecule has 1 fully saturated rings. The Bertz CT molecular complexity index is 319. The molecule has 0 atom stereocenters. The van der Waals surface area contributed by atoms with Gasteiger partial charge < -0.3 is 5.73 Å². The van der Waals surface area contributed by atoms with Crippen molar-refractivity contribution < 1.29 is 8.42 Å². The predicted octanol–water partition coefficient (Wildman–Crippen LogP) is 0.290. The lowest BCUT2D eigenvalue weighted by Crippen LogP contribution is -2.55. The van der Waals surface area contributed by atoms with Gasteiger partial charge in [0.25, 0.3) is 10.2 Å². The van der Waals surface area contributed by atoms with E-state index in [-0.39, 0.29) is 6.54 Å². The number of rotatable bonds is 4. The maximum Gasteiger partial charge on any atom is 0.279 e. The lowest BCUT2D eigenvalue weighted by Gasteiger charge is -2.33. The Morgan fingerprint density at radius 3 is 2.31 bits per heavy atom. The minimum absolute atomic E-state index is 0.288. The van der Waals surface area contributed by atoms with Crippen molar-refractivity contribution >= 4 is 10.2 Å². The molecule has 0 aromatic rings. The van der Waals surface area contributed by atoms with Crippen LogP contribution in [0.1, 0.15) is 33.6 Å². The molecule has 1 aliphatic heterocycles. The van der Waals surface area contributed by atoms with Crippen LogP contribution in [0.5, 0.6) is 0 Å². The van der Waals surface area contributed by atoms with Gasteiger partial charge in [0.15, 0.2) is 0 Å². The molecule has 5 nitrogen and oxygen atoms in total. The van der Waals surface area contributed by atoms with E-state index in [4.69, 9.17) is 5.73 Å². The summed E-state index contributed by atoms with van der Waals surface area (Å²) in [6.45, 7) is 7.24. The zero-order chi connectivity index (χ0) is 12.4. The fourth-order valence-electron chi connectivity index (χ4n) is 1.68. The van der Waals surface area contributed by atoms with Crippen LogP contribution < -0.4 is 10.5 Å². The molecule has 0 aliphatic carbocycles. The first-order chi connectivity index (χ1) is 7.27. The minimum Gasteiger partial charge on any atom is -0.329 e. The van der Waals surface area contributed by atoms with Crippen LogP contribution in [0.2, 0.25) is 0 Å². The van der Waals surface area contributed by atoms with Crippen LogP contribution >= 0.6 is 0 Å². The Hall–Kier alpha value is -0.170. The molecule has 96 valence electrons. The molecule has 16 heavy (non-hydrogen) atoms. The molecule has 0 bridgehead atoms. The van der Waals surface area contributed by atoms with Gasteiger partial charge in [0, 0.05) is 25.2 Å². The summed E-state index contributed by atoms with van der Waals surface area (Å²) in [4.78, 5) is 0. The normalized spacial score (nSPS) is 21.2. The second-order valence-corrected chi connectivity index (χ2v) is 6.95. The molecule has 0 radical (unpaired) electrons. The molecule has 0 aromatic heterocycles. The Balaban J connectivity index is 2.64. The molecule has 1 rings (SSSR count). The first-order valence-corrected chi connectivity index (χ1v) is 7.20. The average molecular weight is 249 g/mol. The third-order valence-corrected chi connectivity index (χ3v) is 4.85. The van der Waals surface area contributed by atoms with E-state index in [1.807, 2.05) is 0 Å². The molecule has 1 heterocycles. The first-order valence-electron chi connectivity index (χ1n) is 5.76. The molecule has 1 aliphatic rings. The molecule has 3 N–H and O–H groups in total. The highest BCUT2D eigenvalue weighted by Gasteiger charge is 2.30. The van der Waals surface area contributed by atoms with E-state index in [1.54, 1.807) is 13.8 Å². The van der Waals surface area contributed by atoms with E-state index in [0.29, 0.717) is 19.0 Å². The first kappa shape index (κ1) is 13.9. The van der Waals surface area contributed by atoms with Crippen molar-refractivity contribution in [1.82, 2.24) is 9.03 Å². The van der Waals surface area contributed by atoms with Gasteiger partial charge in [-0.2, -0.15) is 17.4 Å². The summed E-state index contributed by atoms with van der Waals surface area (Å²) in [5.41, 5.74) is 4.94. The van der Waals surface area contributed by atoms with Crippen molar-refractivity contribution in [1.29, 1.82) is 0 Å². The van der Waals surface area contributed by atoms with Gasteiger partial charge in [0.2, 0.25) is 0 Å². The van der Waals surface area contributed by atoms with Crippen molar-refractivity contribution in [2.24, 2.45) is 11.7 Å². The van der Waals surface area contributed by atoms with Crippen LogP contribution in [0.15, 0.2) is 0 Å². The van der Waals surface area contributed by atoms with Gasteiger partial charge in [-0.05, 0) is 32.6 Å². The molecule has 1 saturated heterocycles. The molecule has 0 aromatic carbocycles. The number of hydrogen-bond donors (Lipinski definition) is 2. The van der Waals surface area contributed by atoms with Crippen LogP contribution in [0.4, 0.5) is 0 Å². The fourth-order valence-corrected chi connectivity index (χ4v) is 3.28. The third-order valence-electron chi connectivity index (χ3n) is 3.00. The number of nitrogens with two attached hydrogens (primary N) is 1. The van der Waals surface area contributed by atoms with Gasteiger partial charge >= 0.3 is 0 Å². The van der Waals surface area contributed by atoms with Gasteiger partial charge in [0.05, 0.1) is 0 Å². The van der Waals surface area contributed by atoms with E-state index in [9.17, 15) is 8.42 Å². The zero-order valence-electron chi connectivity index (χ0n) is 10.4. The molecule has 0 amide bonds. The van der Waals surface area contributed by atoms with Gasteiger partial charge in [0.1, 0.15) is 0 Å². The van der Waals surface area contributed by atoms with E-state index >= 15 is 0 Å². The number of nitrogens with zero attached hydrogens (tertiary/aromatic N) is 1. The predicted molar refractivity (Wildman–Crippen MR) is 65.2 cm³/mol. The summed E-state index contributed by atoms with van der Waals surface area (Å²) in [6.07, 6.45) is 1.87. The van der Waals surface area contributed by atoms with E-state index in [1.165, 1.54) is 4.31 Å². The monoisotopic (exact) mass is 249 g/mol. The smallest absolute Gasteiger partial charge is 0.279 e. The summed E-state index contributed by atoms with van der Waals surface area (Å²) in [6, 6.07) is 0. The highest BCUT2D eigenvalue weighted by atomic mass is 32.2. The van der Waals surface area contributed by atoms with Crippen molar-refractivity contribution in [2.75, 3.05) is 19.6 Å². The van der Waals surface area contributed by atoms with Crippen molar-refractivity contribution in [3.05, 3.63) is 0 Å². The quantitative estimate of drug-likeness (QED) is 0.752. The fraction of sp³-hybridized carbons (Fsp3) is 1.00. The van der Waals surface area contributed by atoms with Crippen molar-refractivity contribution in [3.63, 3.8) is 0 Å². The summed E-state index contributed by atoms with van der Waals surface area (Å²) >= 11 is 0. The lowest BCUT2D eigenvalue weighted by molar-refractivity contribution is 0.280. The topological polar surface area (TPSA) is 75.4 Å². The Morgan fingerprint density at radius 1 is 1.38 bits per heavy atom. The second-order valence-electron chi connectivity index (χ2n) is 5.28. The summed E-state index contributed by atoms with van der Waals surface area (Å²) in [5.74, 6) is 0.619. The largest absolute Gasteiger partial charge is 0.329 e. The van der Waals surface area contributed by atoms with Crippen LogP contribution in [0.25, 0.3) is 0 Å². The second kappa shape index (κ2) is 5.00. The van der Waals surface area contributed by atoms with E-state index in [2.05, 4.69) is 11.6 Å². The Morgan fingerprint density at radius 2 is 1.88 bits per heavy atom.